The Bertz CT molecular complexity index is 733. The number of aliphatic hydroxyl groups is 1. The van der Waals surface area contributed by atoms with E-state index in [-0.39, 0.29) is 0 Å². The lowest BCUT2D eigenvalue weighted by Crippen LogP contribution is -2.48. The molecule has 3 rings (SSSR count). The maximum absolute atomic E-state index is 10.3. The monoisotopic (exact) mass is 400 g/mol. The van der Waals surface area contributed by atoms with E-state index in [1.807, 2.05) is 18.2 Å². The largest absolute Gasteiger partial charge is 0.493 e. The summed E-state index contributed by atoms with van der Waals surface area (Å²) in [6, 6.07) is 16.3. The van der Waals surface area contributed by atoms with Gasteiger partial charge in [0.2, 0.25) is 0 Å². The van der Waals surface area contributed by atoms with Crippen LogP contribution in [0.15, 0.2) is 48.5 Å². The lowest BCUT2D eigenvalue weighted by atomic mass is 10.2. The van der Waals surface area contributed by atoms with Crippen molar-refractivity contribution in [3.8, 4) is 11.5 Å². The van der Waals surface area contributed by atoms with Gasteiger partial charge in [0.15, 0.2) is 11.5 Å². The second-order valence-corrected chi connectivity index (χ2v) is 7.42. The minimum atomic E-state index is -0.490. The number of ether oxygens (including phenoxy) is 3. The first kappa shape index (κ1) is 21.6. The molecule has 0 bridgehead atoms. The Labute approximate surface area is 173 Å². The molecule has 6 heteroatoms. The van der Waals surface area contributed by atoms with Crippen molar-refractivity contribution >= 4 is 0 Å². The molecule has 1 saturated heterocycles. The molecule has 1 heterocycles. The molecule has 2 aromatic rings. The van der Waals surface area contributed by atoms with Crippen LogP contribution in [0.4, 0.5) is 0 Å². The summed E-state index contributed by atoms with van der Waals surface area (Å²) in [6.07, 6.45) is -0.490. The first-order valence-electron chi connectivity index (χ1n) is 10.1. The normalized spacial score (nSPS) is 16.5. The SMILES string of the molecule is COc1ccc(COCC(O)CN2CCN(Cc3ccccc3)CC2)cc1OC. The fourth-order valence-corrected chi connectivity index (χ4v) is 3.61. The van der Waals surface area contributed by atoms with Gasteiger partial charge in [0.1, 0.15) is 0 Å². The third-order valence-corrected chi connectivity index (χ3v) is 5.21. The molecule has 1 aliphatic heterocycles. The number of hydrogen-bond donors (Lipinski definition) is 1. The minimum Gasteiger partial charge on any atom is -0.493 e. The van der Waals surface area contributed by atoms with E-state index in [1.165, 1.54) is 5.56 Å². The zero-order chi connectivity index (χ0) is 20.5. The van der Waals surface area contributed by atoms with Crippen LogP contribution in [0.5, 0.6) is 11.5 Å². The molecule has 0 amide bonds. The summed E-state index contributed by atoms with van der Waals surface area (Å²) in [6.45, 7) is 6.37. The number of hydrogen-bond acceptors (Lipinski definition) is 6. The highest BCUT2D eigenvalue weighted by molar-refractivity contribution is 5.42. The Morgan fingerprint density at radius 3 is 2.24 bits per heavy atom. The van der Waals surface area contributed by atoms with E-state index in [0.29, 0.717) is 31.3 Å². The molecule has 29 heavy (non-hydrogen) atoms. The fraction of sp³-hybridized carbons (Fsp3) is 0.478. The molecule has 0 saturated carbocycles. The molecule has 0 aromatic heterocycles. The zero-order valence-corrected chi connectivity index (χ0v) is 17.4. The lowest BCUT2D eigenvalue weighted by Gasteiger charge is -2.35. The van der Waals surface area contributed by atoms with Gasteiger partial charge in [-0.25, -0.2) is 0 Å². The molecule has 1 atom stereocenters. The van der Waals surface area contributed by atoms with Crippen LogP contribution in [0.1, 0.15) is 11.1 Å². The molecular formula is C23H32N2O4. The van der Waals surface area contributed by atoms with Crippen molar-refractivity contribution in [2.75, 3.05) is 53.6 Å². The molecule has 1 unspecified atom stereocenters. The smallest absolute Gasteiger partial charge is 0.161 e. The number of β-amino-alcohol motifs (C(OH)–C–C–N with tert-alkyl or cyclic N) is 1. The van der Waals surface area contributed by atoms with E-state index >= 15 is 0 Å². The first-order valence-corrected chi connectivity index (χ1v) is 10.1. The van der Waals surface area contributed by atoms with Crippen molar-refractivity contribution in [3.05, 3.63) is 59.7 Å². The van der Waals surface area contributed by atoms with Gasteiger partial charge in [-0.3, -0.25) is 9.80 Å². The Morgan fingerprint density at radius 2 is 1.55 bits per heavy atom. The molecule has 1 N–H and O–H groups in total. The van der Waals surface area contributed by atoms with Gasteiger partial charge in [-0.15, -0.1) is 0 Å². The van der Waals surface area contributed by atoms with Crippen molar-refractivity contribution in [1.82, 2.24) is 9.80 Å². The van der Waals surface area contributed by atoms with Gasteiger partial charge < -0.3 is 19.3 Å². The van der Waals surface area contributed by atoms with Gasteiger partial charge in [-0.05, 0) is 23.3 Å². The summed E-state index contributed by atoms with van der Waals surface area (Å²) >= 11 is 0. The van der Waals surface area contributed by atoms with Crippen LogP contribution in [-0.4, -0.2) is 74.6 Å². The zero-order valence-electron chi connectivity index (χ0n) is 17.4. The van der Waals surface area contributed by atoms with E-state index in [1.54, 1.807) is 14.2 Å². The highest BCUT2D eigenvalue weighted by atomic mass is 16.5. The number of benzene rings is 2. The topological polar surface area (TPSA) is 54.4 Å². The van der Waals surface area contributed by atoms with Gasteiger partial charge >= 0.3 is 0 Å². The standard InChI is InChI=1S/C23H32N2O4/c1-27-22-9-8-20(14-23(22)28-2)17-29-18-21(26)16-25-12-10-24(11-13-25)15-19-6-4-3-5-7-19/h3-9,14,21,26H,10-13,15-18H2,1-2H3. The van der Waals surface area contributed by atoms with Gasteiger partial charge in [-0.2, -0.15) is 0 Å². The average molecular weight is 401 g/mol. The van der Waals surface area contributed by atoms with E-state index in [2.05, 4.69) is 40.1 Å². The summed E-state index contributed by atoms with van der Waals surface area (Å²) in [5.41, 5.74) is 2.34. The maximum atomic E-state index is 10.3. The molecule has 0 aliphatic carbocycles. The second-order valence-electron chi connectivity index (χ2n) is 7.42. The lowest BCUT2D eigenvalue weighted by molar-refractivity contribution is 0.000840. The molecule has 158 valence electrons. The molecule has 2 aromatic carbocycles. The van der Waals surface area contributed by atoms with Crippen molar-refractivity contribution < 1.29 is 19.3 Å². The predicted octanol–water partition coefficient (Wildman–Crippen LogP) is 2.40. The molecule has 1 aliphatic rings. The van der Waals surface area contributed by atoms with Gasteiger partial charge in [0, 0.05) is 39.3 Å². The summed E-state index contributed by atoms with van der Waals surface area (Å²) < 4.78 is 16.3. The Hall–Kier alpha value is -2.12. The predicted molar refractivity (Wildman–Crippen MR) is 113 cm³/mol. The molecule has 0 radical (unpaired) electrons. The van der Waals surface area contributed by atoms with E-state index in [4.69, 9.17) is 14.2 Å². The Balaban J connectivity index is 1.34. The van der Waals surface area contributed by atoms with Crippen LogP contribution < -0.4 is 9.47 Å². The molecule has 6 nitrogen and oxygen atoms in total. The van der Waals surface area contributed by atoms with Gasteiger partial charge in [0.05, 0.1) is 33.5 Å². The van der Waals surface area contributed by atoms with E-state index in [9.17, 15) is 5.11 Å². The van der Waals surface area contributed by atoms with Crippen LogP contribution in [0.25, 0.3) is 0 Å². The van der Waals surface area contributed by atoms with Crippen molar-refractivity contribution in [1.29, 1.82) is 0 Å². The van der Waals surface area contributed by atoms with Crippen LogP contribution >= 0.6 is 0 Å². The van der Waals surface area contributed by atoms with E-state index in [0.717, 1.165) is 38.3 Å². The van der Waals surface area contributed by atoms with Crippen molar-refractivity contribution in [2.24, 2.45) is 0 Å². The third kappa shape index (κ3) is 6.72. The van der Waals surface area contributed by atoms with Gasteiger partial charge in [0.25, 0.3) is 0 Å². The van der Waals surface area contributed by atoms with Crippen LogP contribution in [0.2, 0.25) is 0 Å². The number of aliphatic hydroxyl groups excluding tert-OH is 1. The van der Waals surface area contributed by atoms with Crippen LogP contribution in [-0.2, 0) is 17.9 Å². The number of rotatable bonds is 10. The maximum Gasteiger partial charge on any atom is 0.161 e. The summed E-state index contributed by atoms with van der Waals surface area (Å²) in [7, 11) is 3.23. The van der Waals surface area contributed by atoms with Crippen molar-refractivity contribution in [2.45, 2.75) is 19.3 Å². The van der Waals surface area contributed by atoms with Crippen LogP contribution in [0.3, 0.4) is 0 Å². The van der Waals surface area contributed by atoms with Crippen molar-refractivity contribution in [3.63, 3.8) is 0 Å². The minimum absolute atomic E-state index is 0.318. The Morgan fingerprint density at radius 1 is 0.862 bits per heavy atom. The highest BCUT2D eigenvalue weighted by Gasteiger charge is 2.19. The first-order chi connectivity index (χ1) is 14.2. The van der Waals surface area contributed by atoms with Gasteiger partial charge in [-0.1, -0.05) is 36.4 Å². The number of methoxy groups -OCH3 is 2. The van der Waals surface area contributed by atoms with Crippen LogP contribution in [0, 0.1) is 0 Å². The average Bonchev–Trinajstić information content (AvgIpc) is 2.75. The Kier molecular flexibility index (Phi) is 8.31. The summed E-state index contributed by atoms with van der Waals surface area (Å²) in [5.74, 6) is 1.38. The summed E-state index contributed by atoms with van der Waals surface area (Å²) in [4.78, 5) is 4.78. The molecule has 0 spiro atoms. The quantitative estimate of drug-likeness (QED) is 0.661. The molecular weight excluding hydrogens is 368 g/mol. The molecule has 1 fully saturated rings. The fourth-order valence-electron chi connectivity index (χ4n) is 3.61. The third-order valence-electron chi connectivity index (χ3n) is 5.21. The van der Waals surface area contributed by atoms with E-state index < -0.39 is 6.10 Å². The summed E-state index contributed by atoms with van der Waals surface area (Å²) in [5, 5.41) is 10.3. The number of piperazine rings is 1. The number of nitrogens with zero attached hydrogens (tertiary/aromatic N) is 2. The second kappa shape index (κ2) is 11.2. The highest BCUT2D eigenvalue weighted by Crippen LogP contribution is 2.27.